The van der Waals surface area contributed by atoms with Gasteiger partial charge in [-0.15, -0.1) is 0 Å². The minimum absolute atomic E-state index is 0.0442. The van der Waals surface area contributed by atoms with Gasteiger partial charge in [0.25, 0.3) is 5.56 Å². The molecule has 0 spiro atoms. The van der Waals surface area contributed by atoms with Crippen LogP contribution in [0.2, 0.25) is 0 Å². The molecule has 0 radical (unpaired) electrons. The maximum atomic E-state index is 13.1. The summed E-state index contributed by atoms with van der Waals surface area (Å²) in [4.78, 5) is 14.3. The fourth-order valence-corrected chi connectivity index (χ4v) is 5.42. The molecule has 6 rings (SSSR count). The zero-order chi connectivity index (χ0) is 23.1. The van der Waals surface area contributed by atoms with Crippen LogP contribution in [0.1, 0.15) is 31.2 Å². The number of hydrogen-bond donors (Lipinski definition) is 0. The Labute approximate surface area is 197 Å². The van der Waals surface area contributed by atoms with Gasteiger partial charge >= 0.3 is 0 Å². The van der Waals surface area contributed by atoms with Crippen LogP contribution in [-0.4, -0.2) is 30.7 Å². The average molecular weight is 475 g/mol. The van der Waals surface area contributed by atoms with Crippen molar-refractivity contribution in [1.82, 2.24) is 19.6 Å². The molecule has 2 aromatic carbocycles. The first-order chi connectivity index (χ1) is 16.7. The molecule has 9 heteroatoms. The number of rotatable bonds is 5. The highest BCUT2D eigenvalue weighted by molar-refractivity contribution is 7.91. The molecule has 0 N–H and O–H groups in total. The van der Waals surface area contributed by atoms with Gasteiger partial charge in [-0.1, -0.05) is 0 Å². The molecule has 8 nitrogen and oxygen atoms in total. The molecule has 0 bridgehead atoms. The summed E-state index contributed by atoms with van der Waals surface area (Å²) >= 11 is -1.39. The van der Waals surface area contributed by atoms with Gasteiger partial charge in [0.05, 0.1) is 30.1 Å². The Morgan fingerprint density at radius 1 is 1.06 bits per heavy atom. The highest BCUT2D eigenvalue weighted by atomic mass is 32.2. The van der Waals surface area contributed by atoms with Crippen molar-refractivity contribution >= 4 is 32.9 Å². The van der Waals surface area contributed by atoms with E-state index in [9.17, 15) is 9.35 Å². The predicted molar refractivity (Wildman–Crippen MR) is 127 cm³/mol. The molecule has 2 atom stereocenters. The van der Waals surface area contributed by atoms with Gasteiger partial charge in [-0.25, -0.2) is 9.36 Å². The van der Waals surface area contributed by atoms with Gasteiger partial charge < -0.3 is 13.7 Å². The van der Waals surface area contributed by atoms with Crippen LogP contribution >= 0.6 is 0 Å². The number of fused-ring (bicyclic) bond motifs is 2. The summed E-state index contributed by atoms with van der Waals surface area (Å²) in [5.41, 5.74) is 1.29. The first kappa shape index (κ1) is 21.2. The highest BCUT2D eigenvalue weighted by Gasteiger charge is 2.19. The van der Waals surface area contributed by atoms with Gasteiger partial charge in [0.15, 0.2) is 9.79 Å². The van der Waals surface area contributed by atoms with Crippen LogP contribution in [0.5, 0.6) is 0 Å². The van der Waals surface area contributed by atoms with Crippen LogP contribution in [0.4, 0.5) is 0 Å². The van der Waals surface area contributed by atoms with E-state index in [0.29, 0.717) is 20.6 Å². The zero-order valence-corrected chi connectivity index (χ0v) is 19.1. The molecule has 5 aromatic rings. The van der Waals surface area contributed by atoms with E-state index in [-0.39, 0.29) is 18.3 Å². The van der Waals surface area contributed by atoms with E-state index < -0.39 is 11.2 Å². The summed E-state index contributed by atoms with van der Waals surface area (Å²) in [5, 5.41) is 11.0. The van der Waals surface area contributed by atoms with E-state index in [2.05, 4.69) is 10.2 Å². The maximum absolute atomic E-state index is 13.1. The maximum Gasteiger partial charge on any atom is 0.275 e. The fraction of sp³-hybridized carbons (Fsp3) is 0.240. The van der Waals surface area contributed by atoms with E-state index in [1.54, 1.807) is 36.7 Å². The fourth-order valence-electron chi connectivity index (χ4n) is 4.30. The number of furan rings is 1. The molecule has 0 saturated carbocycles. The third-order valence-corrected chi connectivity index (χ3v) is 7.47. The smallest absolute Gasteiger partial charge is 0.275 e. The predicted octanol–water partition coefficient (Wildman–Crippen LogP) is 4.25. The molecule has 0 amide bonds. The second kappa shape index (κ2) is 8.75. The average Bonchev–Trinajstić information content (AvgIpc) is 3.55. The van der Waals surface area contributed by atoms with Crippen LogP contribution in [0.3, 0.4) is 0 Å². The molecule has 3 aromatic heterocycles. The molecule has 34 heavy (non-hydrogen) atoms. The van der Waals surface area contributed by atoms with E-state index in [1.165, 1.54) is 4.68 Å². The summed E-state index contributed by atoms with van der Waals surface area (Å²) in [6, 6.07) is 14.4. The SMILES string of the molecule is O=c1c2ccc([S+]([O-])c3ccc4occc4c3)cc2cnn1Cc1ccn(C2CCCCO2)n1. The minimum atomic E-state index is -1.39. The van der Waals surface area contributed by atoms with Crippen molar-refractivity contribution < 1.29 is 13.7 Å². The van der Waals surface area contributed by atoms with Crippen molar-refractivity contribution in [3.05, 3.63) is 83.2 Å². The van der Waals surface area contributed by atoms with Crippen LogP contribution < -0.4 is 5.56 Å². The Balaban J connectivity index is 1.25. The highest BCUT2D eigenvalue weighted by Crippen LogP contribution is 2.27. The summed E-state index contributed by atoms with van der Waals surface area (Å²) in [6.07, 6.45) is 8.23. The second-order valence-electron chi connectivity index (χ2n) is 8.35. The van der Waals surface area contributed by atoms with E-state index in [1.807, 2.05) is 35.1 Å². The standard InChI is InChI=1S/C25H22N4O4S/c30-25-22-6-4-20(34(31)21-5-7-23-17(13-21)9-12-32-23)14-18(22)15-26-29(25)16-19-8-10-28(27-19)24-3-1-2-11-33-24/h4-10,12-15,24H,1-3,11,16H2. The lowest BCUT2D eigenvalue weighted by molar-refractivity contribution is -0.0397. The number of hydrogen-bond acceptors (Lipinski definition) is 6. The molecular weight excluding hydrogens is 452 g/mol. The van der Waals surface area contributed by atoms with E-state index in [0.717, 1.165) is 42.5 Å². The quantitative estimate of drug-likeness (QED) is 0.353. The first-order valence-corrected chi connectivity index (χ1v) is 12.4. The third kappa shape index (κ3) is 3.91. The summed E-state index contributed by atoms with van der Waals surface area (Å²) in [5.74, 6) is 0. The lowest BCUT2D eigenvalue weighted by Crippen LogP contribution is -2.24. The Morgan fingerprint density at radius 2 is 1.91 bits per heavy atom. The first-order valence-electron chi connectivity index (χ1n) is 11.2. The van der Waals surface area contributed by atoms with Crippen molar-refractivity contribution in [2.75, 3.05) is 6.61 Å². The Hall–Kier alpha value is -3.40. The third-order valence-electron chi connectivity index (χ3n) is 6.10. The molecular formula is C25H22N4O4S. The molecule has 0 aliphatic carbocycles. The van der Waals surface area contributed by atoms with Crippen molar-refractivity contribution in [3.8, 4) is 0 Å². The van der Waals surface area contributed by atoms with Gasteiger partial charge in [-0.2, -0.15) is 10.2 Å². The van der Waals surface area contributed by atoms with Crippen LogP contribution in [0.25, 0.3) is 21.7 Å². The molecule has 1 aliphatic rings. The molecule has 1 aliphatic heterocycles. The normalized spacial score (nSPS) is 17.4. The molecule has 1 saturated heterocycles. The number of ether oxygens (including phenoxy) is 1. The molecule has 2 unspecified atom stereocenters. The monoisotopic (exact) mass is 474 g/mol. The number of nitrogens with zero attached hydrogens (tertiary/aromatic N) is 4. The molecule has 4 heterocycles. The Morgan fingerprint density at radius 3 is 2.76 bits per heavy atom. The van der Waals surface area contributed by atoms with Crippen molar-refractivity contribution in [3.63, 3.8) is 0 Å². The van der Waals surface area contributed by atoms with Gasteiger partial charge in [0, 0.05) is 46.9 Å². The minimum Gasteiger partial charge on any atom is -0.606 e. The Kier molecular flexibility index (Phi) is 5.44. The van der Waals surface area contributed by atoms with Crippen molar-refractivity contribution in [1.29, 1.82) is 0 Å². The largest absolute Gasteiger partial charge is 0.606 e. The van der Waals surface area contributed by atoms with Gasteiger partial charge in [0.1, 0.15) is 11.8 Å². The van der Waals surface area contributed by atoms with Crippen LogP contribution in [0.15, 0.2) is 86.2 Å². The van der Waals surface area contributed by atoms with E-state index >= 15 is 0 Å². The lowest BCUT2D eigenvalue weighted by atomic mass is 10.2. The van der Waals surface area contributed by atoms with Gasteiger partial charge in [-0.05, 0) is 55.7 Å². The molecule has 1 fully saturated rings. The van der Waals surface area contributed by atoms with Gasteiger partial charge in [0.2, 0.25) is 0 Å². The number of benzene rings is 2. The van der Waals surface area contributed by atoms with Crippen LogP contribution in [0, 0.1) is 0 Å². The van der Waals surface area contributed by atoms with Crippen molar-refractivity contribution in [2.24, 2.45) is 0 Å². The van der Waals surface area contributed by atoms with Gasteiger partial charge in [-0.3, -0.25) is 4.79 Å². The Bertz CT molecular complexity index is 1530. The summed E-state index contributed by atoms with van der Waals surface area (Å²) < 4.78 is 27.5. The zero-order valence-electron chi connectivity index (χ0n) is 18.3. The summed E-state index contributed by atoms with van der Waals surface area (Å²) in [7, 11) is 0. The second-order valence-corrected chi connectivity index (χ2v) is 9.83. The topological polar surface area (TPSA) is 98.1 Å². The number of aromatic nitrogens is 4. The van der Waals surface area contributed by atoms with E-state index in [4.69, 9.17) is 9.15 Å². The van der Waals surface area contributed by atoms with Crippen LogP contribution in [-0.2, 0) is 22.5 Å². The lowest BCUT2D eigenvalue weighted by Gasteiger charge is -2.22. The van der Waals surface area contributed by atoms with Crippen molar-refractivity contribution in [2.45, 2.75) is 41.8 Å². The molecule has 172 valence electrons. The summed E-state index contributed by atoms with van der Waals surface area (Å²) in [6.45, 7) is 1.02.